The third kappa shape index (κ3) is 3.29. The predicted octanol–water partition coefficient (Wildman–Crippen LogP) is 3.56. The fraction of sp³-hybridized carbons (Fsp3) is 0.500. The number of carbonyl (C=O) groups excluding carboxylic acids is 1. The van der Waals surface area contributed by atoms with Crippen LogP contribution in [0.25, 0.3) is 0 Å². The summed E-state index contributed by atoms with van der Waals surface area (Å²) < 4.78 is 18.5. The topological polar surface area (TPSA) is 26.3 Å². The Bertz CT molecular complexity index is 384. The van der Waals surface area contributed by atoms with E-state index >= 15 is 0 Å². The van der Waals surface area contributed by atoms with E-state index in [-0.39, 0.29) is 5.56 Å². The second-order valence-corrected chi connectivity index (χ2v) is 4.58. The van der Waals surface area contributed by atoms with Crippen LogP contribution < -0.4 is 0 Å². The highest BCUT2D eigenvalue weighted by Crippen LogP contribution is 2.24. The predicted molar refractivity (Wildman–Crippen MR) is 63.3 cm³/mol. The van der Waals surface area contributed by atoms with Gasteiger partial charge in [0, 0.05) is 0 Å². The number of benzene rings is 1. The number of rotatable bonds is 3. The lowest BCUT2D eigenvalue weighted by Gasteiger charge is -2.21. The Morgan fingerprint density at radius 1 is 1.24 bits per heavy atom. The highest BCUT2D eigenvalue weighted by molar-refractivity contribution is 5.89. The summed E-state index contributed by atoms with van der Waals surface area (Å²) >= 11 is 0. The largest absolute Gasteiger partial charge is 0.462 e. The third-order valence-corrected chi connectivity index (χ3v) is 3.27. The molecule has 0 radical (unpaired) electrons. The van der Waals surface area contributed by atoms with E-state index in [0.29, 0.717) is 12.5 Å². The van der Waals surface area contributed by atoms with Crippen molar-refractivity contribution in [3.8, 4) is 0 Å². The van der Waals surface area contributed by atoms with Crippen LogP contribution in [0.15, 0.2) is 24.3 Å². The highest BCUT2D eigenvalue weighted by Gasteiger charge is 2.17. The fourth-order valence-electron chi connectivity index (χ4n) is 2.25. The Kier molecular flexibility index (Phi) is 4.13. The monoisotopic (exact) mass is 236 g/mol. The summed E-state index contributed by atoms with van der Waals surface area (Å²) in [6.45, 7) is 0.424. The Labute approximate surface area is 101 Å². The Balaban J connectivity index is 1.87. The molecule has 0 saturated heterocycles. The maximum atomic E-state index is 13.3. The Morgan fingerprint density at radius 2 is 1.94 bits per heavy atom. The molecule has 1 saturated carbocycles. The van der Waals surface area contributed by atoms with Gasteiger partial charge in [-0.05, 0) is 30.9 Å². The summed E-state index contributed by atoms with van der Waals surface area (Å²) in [4.78, 5) is 11.6. The van der Waals surface area contributed by atoms with Gasteiger partial charge in [0.05, 0.1) is 12.2 Å². The molecule has 0 atom stereocenters. The maximum absolute atomic E-state index is 13.3. The number of esters is 1. The van der Waals surface area contributed by atoms with Crippen LogP contribution in [0.3, 0.4) is 0 Å². The molecule has 0 bridgehead atoms. The minimum atomic E-state index is -0.548. The molecule has 0 spiro atoms. The molecule has 2 rings (SSSR count). The normalized spacial score (nSPS) is 16.8. The van der Waals surface area contributed by atoms with Crippen molar-refractivity contribution >= 4 is 5.97 Å². The van der Waals surface area contributed by atoms with Crippen LogP contribution in [-0.2, 0) is 4.74 Å². The molecule has 1 aliphatic rings. The Hall–Kier alpha value is -1.38. The van der Waals surface area contributed by atoms with Gasteiger partial charge in [0.1, 0.15) is 5.82 Å². The van der Waals surface area contributed by atoms with Crippen LogP contribution in [0.5, 0.6) is 0 Å². The van der Waals surface area contributed by atoms with Crippen molar-refractivity contribution in [2.75, 3.05) is 6.61 Å². The minimum Gasteiger partial charge on any atom is -0.462 e. The van der Waals surface area contributed by atoms with Crippen molar-refractivity contribution in [3.63, 3.8) is 0 Å². The number of hydrogen-bond acceptors (Lipinski definition) is 2. The van der Waals surface area contributed by atoms with Gasteiger partial charge in [-0.1, -0.05) is 31.4 Å². The second kappa shape index (κ2) is 5.80. The molecule has 1 aromatic carbocycles. The second-order valence-electron chi connectivity index (χ2n) is 4.58. The molecule has 0 N–H and O–H groups in total. The van der Waals surface area contributed by atoms with E-state index in [9.17, 15) is 9.18 Å². The van der Waals surface area contributed by atoms with Gasteiger partial charge in [0.15, 0.2) is 0 Å². The van der Waals surface area contributed by atoms with Crippen molar-refractivity contribution in [3.05, 3.63) is 35.6 Å². The summed E-state index contributed by atoms with van der Waals surface area (Å²) in [5.41, 5.74) is 0.0308. The van der Waals surface area contributed by atoms with Gasteiger partial charge in [-0.25, -0.2) is 9.18 Å². The van der Waals surface area contributed by atoms with Crippen LogP contribution in [0, 0.1) is 11.7 Å². The average Bonchev–Trinajstić information content (AvgIpc) is 2.38. The molecule has 0 heterocycles. The van der Waals surface area contributed by atoms with E-state index in [1.807, 2.05) is 0 Å². The van der Waals surface area contributed by atoms with E-state index in [4.69, 9.17) is 4.74 Å². The molecule has 92 valence electrons. The molecule has 0 amide bonds. The third-order valence-electron chi connectivity index (χ3n) is 3.27. The van der Waals surface area contributed by atoms with Gasteiger partial charge in [-0.15, -0.1) is 0 Å². The molecule has 3 heteroatoms. The van der Waals surface area contributed by atoms with Crippen molar-refractivity contribution in [1.82, 2.24) is 0 Å². The first kappa shape index (κ1) is 12.1. The van der Waals surface area contributed by atoms with Gasteiger partial charge in [0.25, 0.3) is 0 Å². The first-order valence-electron chi connectivity index (χ1n) is 6.19. The fourth-order valence-corrected chi connectivity index (χ4v) is 2.25. The molecule has 0 aliphatic heterocycles. The van der Waals surface area contributed by atoms with Crippen molar-refractivity contribution < 1.29 is 13.9 Å². The number of halogens is 1. The van der Waals surface area contributed by atoms with Gasteiger partial charge >= 0.3 is 5.97 Å². The number of hydrogen-bond donors (Lipinski definition) is 0. The first-order chi connectivity index (χ1) is 8.27. The van der Waals surface area contributed by atoms with Crippen molar-refractivity contribution in [2.45, 2.75) is 32.1 Å². The van der Waals surface area contributed by atoms with Crippen LogP contribution >= 0.6 is 0 Å². The van der Waals surface area contributed by atoms with Crippen molar-refractivity contribution in [2.24, 2.45) is 5.92 Å². The quantitative estimate of drug-likeness (QED) is 0.750. The molecule has 2 nitrogen and oxygen atoms in total. The summed E-state index contributed by atoms with van der Waals surface area (Å²) in [6, 6.07) is 5.93. The zero-order chi connectivity index (χ0) is 12.1. The standard InChI is InChI=1S/C14H17FO2/c15-13-9-5-4-8-12(13)14(16)17-10-11-6-2-1-3-7-11/h4-5,8-9,11H,1-3,6-7,10H2. The van der Waals surface area contributed by atoms with Gasteiger partial charge in [-0.3, -0.25) is 0 Å². The van der Waals surface area contributed by atoms with E-state index < -0.39 is 11.8 Å². The molecule has 1 aromatic rings. The zero-order valence-corrected chi connectivity index (χ0v) is 9.82. The molecular formula is C14H17FO2. The van der Waals surface area contributed by atoms with Crippen LogP contribution in [-0.4, -0.2) is 12.6 Å². The van der Waals surface area contributed by atoms with Crippen LogP contribution in [0.2, 0.25) is 0 Å². The summed E-state index contributed by atoms with van der Waals surface area (Å²) in [5.74, 6) is -0.603. The molecule has 1 fully saturated rings. The van der Waals surface area contributed by atoms with Crippen LogP contribution in [0.1, 0.15) is 42.5 Å². The van der Waals surface area contributed by atoms with Gasteiger partial charge in [0.2, 0.25) is 0 Å². The smallest absolute Gasteiger partial charge is 0.341 e. The summed E-state index contributed by atoms with van der Waals surface area (Å²) in [5, 5.41) is 0. The number of carbonyl (C=O) groups is 1. The highest BCUT2D eigenvalue weighted by atomic mass is 19.1. The molecule has 17 heavy (non-hydrogen) atoms. The average molecular weight is 236 g/mol. The zero-order valence-electron chi connectivity index (χ0n) is 9.82. The van der Waals surface area contributed by atoms with Crippen molar-refractivity contribution in [1.29, 1.82) is 0 Å². The molecule has 0 unspecified atom stereocenters. The molecule has 0 aromatic heterocycles. The Morgan fingerprint density at radius 3 is 2.65 bits per heavy atom. The van der Waals surface area contributed by atoms with Gasteiger partial charge < -0.3 is 4.74 Å². The SMILES string of the molecule is O=C(OCC1CCCCC1)c1ccccc1F. The summed E-state index contributed by atoms with van der Waals surface area (Å²) in [7, 11) is 0. The van der Waals surface area contributed by atoms with Gasteiger partial charge in [-0.2, -0.15) is 0 Å². The molecular weight excluding hydrogens is 219 g/mol. The van der Waals surface area contributed by atoms with E-state index in [0.717, 1.165) is 12.8 Å². The van der Waals surface area contributed by atoms with E-state index in [1.165, 1.54) is 31.4 Å². The first-order valence-corrected chi connectivity index (χ1v) is 6.19. The summed E-state index contributed by atoms with van der Waals surface area (Å²) in [6.07, 6.45) is 5.93. The lowest BCUT2D eigenvalue weighted by atomic mass is 9.90. The van der Waals surface area contributed by atoms with E-state index in [1.54, 1.807) is 12.1 Å². The lowest BCUT2D eigenvalue weighted by Crippen LogP contribution is -2.17. The minimum absolute atomic E-state index is 0.0308. The van der Waals surface area contributed by atoms with Crippen LogP contribution in [0.4, 0.5) is 4.39 Å². The van der Waals surface area contributed by atoms with E-state index in [2.05, 4.69) is 0 Å². The maximum Gasteiger partial charge on any atom is 0.341 e. The number of ether oxygens (including phenoxy) is 1. The molecule has 1 aliphatic carbocycles. The lowest BCUT2D eigenvalue weighted by molar-refractivity contribution is 0.0405.